The molecule has 3 aliphatic rings. The lowest BCUT2D eigenvalue weighted by molar-refractivity contribution is -0.992. The second-order valence-corrected chi connectivity index (χ2v) is 9.40. The fourth-order valence-corrected chi connectivity index (χ4v) is 5.44. The Labute approximate surface area is 206 Å². The maximum atomic E-state index is 13.0. The van der Waals surface area contributed by atoms with E-state index in [9.17, 15) is 29.6 Å². The van der Waals surface area contributed by atoms with Crippen molar-refractivity contribution in [1.29, 1.82) is 0 Å². The summed E-state index contributed by atoms with van der Waals surface area (Å²) >= 11 is 0. The molecule has 3 N–H and O–H groups in total. The van der Waals surface area contributed by atoms with Gasteiger partial charge in [-0.1, -0.05) is 0 Å². The van der Waals surface area contributed by atoms with Crippen LogP contribution in [0.15, 0.2) is 41.2 Å². The number of likely N-dealkylation sites (tertiary alicyclic amines) is 1. The third-order valence-corrected chi connectivity index (χ3v) is 7.18. The summed E-state index contributed by atoms with van der Waals surface area (Å²) in [5.74, 6) is 0.0633. The van der Waals surface area contributed by atoms with Crippen LogP contribution in [0.4, 0.5) is 16.2 Å². The molecule has 4 heterocycles. The van der Waals surface area contributed by atoms with Crippen molar-refractivity contribution < 1.29 is 29.6 Å². The van der Waals surface area contributed by atoms with Gasteiger partial charge in [0.25, 0.3) is 5.91 Å². The molecule has 4 amide bonds. The number of benzene rings is 1. The number of piperidine rings is 1. The molecule has 4 atom stereocenters. The van der Waals surface area contributed by atoms with Gasteiger partial charge in [-0.3, -0.25) is 14.4 Å². The van der Waals surface area contributed by atoms with Crippen LogP contribution in [0.5, 0.6) is 5.75 Å². The second-order valence-electron chi connectivity index (χ2n) is 9.40. The van der Waals surface area contributed by atoms with E-state index in [0.29, 0.717) is 31.1 Å². The molecule has 5 rings (SSSR count). The molecular formula is C24H27N5O7. The smallest absolute Gasteiger partial charge is 0.329 e. The molecule has 0 aliphatic carbocycles. The van der Waals surface area contributed by atoms with Gasteiger partial charge < -0.3 is 24.7 Å². The van der Waals surface area contributed by atoms with Crippen LogP contribution < -0.4 is 25.7 Å². The molecule has 2 aromatic rings. The van der Waals surface area contributed by atoms with E-state index >= 15 is 0 Å². The summed E-state index contributed by atoms with van der Waals surface area (Å²) in [4.78, 5) is 53.8. The average Bonchev–Trinajstić information content (AvgIpc) is 3.15. The number of fused-ring (bicyclic) bond motifs is 4. The van der Waals surface area contributed by atoms with Crippen molar-refractivity contribution in [2.45, 2.75) is 37.8 Å². The van der Waals surface area contributed by atoms with Crippen molar-refractivity contribution >= 4 is 29.2 Å². The van der Waals surface area contributed by atoms with Crippen LogP contribution in [0.2, 0.25) is 0 Å². The Morgan fingerprint density at radius 1 is 1.14 bits per heavy atom. The lowest BCUT2D eigenvalue weighted by Crippen LogP contribution is -3.00. The molecule has 12 heteroatoms. The molecule has 3 aliphatic heterocycles. The minimum Gasteiger partial charge on any atom is -0.595 e. The summed E-state index contributed by atoms with van der Waals surface area (Å²) in [5.41, 5.74) is 0.410. The number of urea groups is 1. The normalized spacial score (nSPS) is 23.8. The lowest BCUT2D eigenvalue weighted by atomic mass is 9.83. The Hall–Kier alpha value is -3.74. The van der Waals surface area contributed by atoms with Gasteiger partial charge in [0, 0.05) is 43.7 Å². The number of aromatic nitrogens is 1. The van der Waals surface area contributed by atoms with E-state index < -0.39 is 28.8 Å². The van der Waals surface area contributed by atoms with E-state index in [1.165, 1.54) is 17.7 Å². The first-order chi connectivity index (χ1) is 17.3. The maximum absolute atomic E-state index is 13.0. The van der Waals surface area contributed by atoms with Gasteiger partial charge in [0.2, 0.25) is 11.6 Å². The number of quaternary nitrogens is 1. The number of ether oxygens (including phenoxy) is 1. The van der Waals surface area contributed by atoms with Crippen LogP contribution in [0.3, 0.4) is 0 Å². The monoisotopic (exact) mass is 497 g/mol. The summed E-state index contributed by atoms with van der Waals surface area (Å²) in [6.45, 7) is 1.25. The molecular weight excluding hydrogens is 470 g/mol. The number of methoxy groups -OCH3 is 1. The third-order valence-electron chi connectivity index (χ3n) is 7.18. The summed E-state index contributed by atoms with van der Waals surface area (Å²) in [5, 5.41) is 22.0. The van der Waals surface area contributed by atoms with Crippen molar-refractivity contribution in [2.75, 3.05) is 25.1 Å². The fourth-order valence-electron chi connectivity index (χ4n) is 5.44. The number of rotatable bonds is 6. The fraction of sp³-hybridized carbons (Fsp3) is 0.417. The molecule has 36 heavy (non-hydrogen) atoms. The zero-order chi connectivity index (χ0) is 25.6. The van der Waals surface area contributed by atoms with Crippen molar-refractivity contribution in [1.82, 2.24) is 14.8 Å². The van der Waals surface area contributed by atoms with Crippen LogP contribution >= 0.6 is 0 Å². The van der Waals surface area contributed by atoms with E-state index in [1.54, 1.807) is 35.2 Å². The van der Waals surface area contributed by atoms with Gasteiger partial charge in [0.1, 0.15) is 11.8 Å². The van der Waals surface area contributed by atoms with Gasteiger partial charge in [-0.25, -0.2) is 14.9 Å². The number of pyridine rings is 1. The minimum atomic E-state index is -1.25. The van der Waals surface area contributed by atoms with E-state index in [4.69, 9.17) is 4.74 Å². The second kappa shape index (κ2) is 9.37. The summed E-state index contributed by atoms with van der Waals surface area (Å²) < 4.78 is 6.64. The van der Waals surface area contributed by atoms with Gasteiger partial charge >= 0.3 is 11.6 Å². The van der Waals surface area contributed by atoms with Crippen LogP contribution in [0.25, 0.3) is 0 Å². The Morgan fingerprint density at radius 2 is 1.89 bits per heavy atom. The zero-order valence-corrected chi connectivity index (χ0v) is 19.7. The maximum Gasteiger partial charge on any atom is 0.329 e. The van der Waals surface area contributed by atoms with Crippen LogP contribution in [-0.2, 0) is 16.1 Å². The van der Waals surface area contributed by atoms with Crippen LogP contribution in [-0.4, -0.2) is 58.8 Å². The number of imide groups is 1. The Morgan fingerprint density at radius 3 is 2.58 bits per heavy atom. The molecule has 2 bridgehead atoms. The molecule has 0 radical (unpaired) electrons. The quantitative estimate of drug-likeness (QED) is 0.379. The van der Waals surface area contributed by atoms with Crippen molar-refractivity contribution in [3.63, 3.8) is 0 Å². The first kappa shape index (κ1) is 24.0. The molecule has 1 unspecified atom stereocenters. The number of hydrogen-bond acceptors (Lipinski definition) is 7. The Kier molecular flexibility index (Phi) is 6.24. The largest absolute Gasteiger partial charge is 0.595 e. The highest BCUT2D eigenvalue weighted by Crippen LogP contribution is 2.35. The SMILES string of the molecule is COc1ccc(N2C(=O)N[C@@H](CCC(=O)N3C[C@H]4C[C@@H](C3)c3ccc([NH+]([O-])O)c(=O)n3C4)C2=O)cc1. The van der Waals surface area contributed by atoms with Crippen LogP contribution in [0, 0.1) is 11.1 Å². The molecule has 2 saturated heterocycles. The summed E-state index contributed by atoms with van der Waals surface area (Å²) in [6.07, 6.45) is 1.10. The first-order valence-electron chi connectivity index (χ1n) is 11.8. The third kappa shape index (κ3) is 4.23. The molecule has 12 nitrogen and oxygen atoms in total. The molecule has 1 aromatic heterocycles. The van der Waals surface area contributed by atoms with Gasteiger partial charge in [-0.15, -0.1) is 0 Å². The summed E-state index contributed by atoms with van der Waals surface area (Å²) in [6, 6.07) is 8.25. The lowest BCUT2D eigenvalue weighted by Gasteiger charge is -2.43. The van der Waals surface area contributed by atoms with E-state index in [2.05, 4.69) is 5.32 Å². The molecule has 1 aromatic carbocycles. The van der Waals surface area contributed by atoms with Gasteiger partial charge in [0.15, 0.2) is 0 Å². The number of carbonyl (C=O) groups is 3. The number of hydrogen-bond donors (Lipinski definition) is 3. The zero-order valence-electron chi connectivity index (χ0n) is 19.7. The van der Waals surface area contributed by atoms with Gasteiger partial charge in [-0.2, -0.15) is 5.23 Å². The Bertz CT molecular complexity index is 1260. The van der Waals surface area contributed by atoms with E-state index in [0.717, 1.165) is 17.0 Å². The highest BCUT2D eigenvalue weighted by molar-refractivity contribution is 6.21. The number of amides is 4. The Balaban J connectivity index is 1.22. The first-order valence-corrected chi connectivity index (χ1v) is 11.8. The van der Waals surface area contributed by atoms with Crippen LogP contribution in [0.1, 0.15) is 30.9 Å². The number of nitrogens with one attached hydrogen (secondary N) is 2. The van der Waals surface area contributed by atoms with Gasteiger partial charge in [0.05, 0.1) is 12.8 Å². The van der Waals surface area contributed by atoms with E-state index in [-0.39, 0.29) is 36.3 Å². The number of anilines is 1. The average molecular weight is 498 g/mol. The molecule has 2 fully saturated rings. The van der Waals surface area contributed by atoms with E-state index in [1.807, 2.05) is 0 Å². The van der Waals surface area contributed by atoms with Crippen molar-refractivity contribution in [3.8, 4) is 5.75 Å². The van der Waals surface area contributed by atoms with Crippen molar-refractivity contribution in [3.05, 3.63) is 57.7 Å². The molecule has 0 spiro atoms. The molecule has 0 saturated carbocycles. The van der Waals surface area contributed by atoms with Gasteiger partial charge in [-0.05, 0) is 49.1 Å². The summed E-state index contributed by atoms with van der Waals surface area (Å²) in [7, 11) is 1.53. The standard InChI is InChI=1S/C24H27N5O7/c1-36-17-4-2-16(3-5-17)28-22(31)18(25-24(28)33)6-9-21(30)26-11-14-10-15(13-26)19-7-8-20(29(34)35)23(32)27(19)12-14/h2-5,7-8,14-15,18,29,34H,6,9-13H2,1H3,(H,25,33)/t14-,15+,18+/m1/s1. The minimum absolute atomic E-state index is 0.0420. The number of nitrogens with zero attached hydrogens (tertiary/aromatic N) is 3. The predicted octanol–water partition coefficient (Wildman–Crippen LogP) is 0.111. The van der Waals surface area contributed by atoms with Crippen molar-refractivity contribution in [2.24, 2.45) is 5.92 Å². The topological polar surface area (TPSA) is 149 Å². The number of carbonyl (C=O) groups excluding carboxylic acids is 3. The predicted molar refractivity (Wildman–Crippen MR) is 126 cm³/mol. The highest BCUT2D eigenvalue weighted by atomic mass is 16.8. The molecule has 190 valence electrons. The highest BCUT2D eigenvalue weighted by Gasteiger charge is 2.40.